The van der Waals surface area contributed by atoms with Crippen molar-refractivity contribution in [3.05, 3.63) is 28.6 Å². The number of rotatable bonds is 6. The molecule has 1 aromatic rings. The summed E-state index contributed by atoms with van der Waals surface area (Å²) in [6.45, 7) is 6.94. The molecule has 7 nitrogen and oxygen atoms in total. The minimum atomic E-state index is -0.747. The van der Waals surface area contributed by atoms with E-state index in [1.165, 1.54) is 6.07 Å². The number of ether oxygens (including phenoxy) is 3. The third-order valence-electron chi connectivity index (χ3n) is 2.67. The van der Waals surface area contributed by atoms with Crippen molar-refractivity contribution < 1.29 is 28.6 Å². The van der Waals surface area contributed by atoms with E-state index in [-0.39, 0.29) is 42.3 Å². The van der Waals surface area contributed by atoms with E-state index in [2.05, 4.69) is 4.98 Å². The van der Waals surface area contributed by atoms with Crippen LogP contribution in [0, 0.1) is 6.92 Å². The average Bonchev–Trinajstić information content (AvgIpc) is 2.47. The molecular formula is C15H19NO6. The first kappa shape index (κ1) is 17.6. The summed E-state index contributed by atoms with van der Waals surface area (Å²) in [5.41, 5.74) is 0.0901. The molecule has 1 rings (SSSR count). The smallest absolute Gasteiger partial charge is 0.357 e. The largest absolute Gasteiger partial charge is 0.462 e. The Labute approximate surface area is 128 Å². The fourth-order valence-electron chi connectivity index (χ4n) is 1.74. The number of nitrogens with zero attached hydrogens (tertiary/aromatic N) is 1. The molecule has 120 valence electrons. The zero-order valence-corrected chi connectivity index (χ0v) is 13.1. The van der Waals surface area contributed by atoms with Gasteiger partial charge >= 0.3 is 17.9 Å². The minimum absolute atomic E-state index is 0.109. The second-order valence-corrected chi connectivity index (χ2v) is 4.18. The molecule has 0 atom stereocenters. The highest BCUT2D eigenvalue weighted by Crippen LogP contribution is 2.17. The number of esters is 3. The van der Waals surface area contributed by atoms with E-state index in [0.29, 0.717) is 0 Å². The molecule has 0 N–H and O–H groups in total. The van der Waals surface area contributed by atoms with Crippen molar-refractivity contribution in [2.24, 2.45) is 0 Å². The lowest BCUT2D eigenvalue weighted by molar-refractivity contribution is 0.0469. The molecule has 1 heterocycles. The number of hydrogen-bond acceptors (Lipinski definition) is 7. The van der Waals surface area contributed by atoms with Crippen LogP contribution in [0.5, 0.6) is 0 Å². The molecule has 0 aliphatic rings. The Hall–Kier alpha value is -2.44. The molecule has 1 aromatic heterocycles. The fraction of sp³-hybridized carbons (Fsp3) is 0.467. The molecule has 0 unspecified atom stereocenters. The van der Waals surface area contributed by atoms with Crippen LogP contribution in [0.25, 0.3) is 0 Å². The number of aromatic nitrogens is 1. The Morgan fingerprint density at radius 1 is 0.864 bits per heavy atom. The normalized spacial score (nSPS) is 10.0. The minimum Gasteiger partial charge on any atom is -0.462 e. The van der Waals surface area contributed by atoms with Crippen LogP contribution in [-0.2, 0) is 14.2 Å². The van der Waals surface area contributed by atoms with Crippen LogP contribution in [0.3, 0.4) is 0 Å². The number of aryl methyl sites for hydroxylation is 1. The molecule has 0 aliphatic carbocycles. The van der Waals surface area contributed by atoms with Gasteiger partial charge in [-0.05, 0) is 33.8 Å². The van der Waals surface area contributed by atoms with E-state index >= 15 is 0 Å². The maximum absolute atomic E-state index is 12.0. The van der Waals surface area contributed by atoms with Gasteiger partial charge in [0.25, 0.3) is 0 Å². The van der Waals surface area contributed by atoms with Gasteiger partial charge in [0.1, 0.15) is 0 Å². The van der Waals surface area contributed by atoms with Crippen molar-refractivity contribution in [2.75, 3.05) is 19.8 Å². The molecule has 0 spiro atoms. The average molecular weight is 309 g/mol. The third kappa shape index (κ3) is 4.03. The summed E-state index contributed by atoms with van der Waals surface area (Å²) in [5.74, 6) is -2.11. The summed E-state index contributed by atoms with van der Waals surface area (Å²) < 4.78 is 14.7. The molecule has 7 heteroatoms. The van der Waals surface area contributed by atoms with Crippen molar-refractivity contribution in [2.45, 2.75) is 27.7 Å². The predicted octanol–water partition coefficient (Wildman–Crippen LogP) is 1.92. The molecule has 0 aliphatic heterocycles. The summed E-state index contributed by atoms with van der Waals surface area (Å²) in [4.78, 5) is 39.8. The third-order valence-corrected chi connectivity index (χ3v) is 2.67. The molecule has 0 fully saturated rings. The van der Waals surface area contributed by atoms with Crippen molar-refractivity contribution in [3.63, 3.8) is 0 Å². The molecule has 0 aromatic carbocycles. The van der Waals surface area contributed by atoms with Crippen molar-refractivity contribution in [1.29, 1.82) is 0 Å². The van der Waals surface area contributed by atoms with E-state index in [4.69, 9.17) is 14.2 Å². The van der Waals surface area contributed by atoms with Crippen molar-refractivity contribution in [1.82, 2.24) is 4.98 Å². The Balaban J connectivity index is 3.38. The van der Waals surface area contributed by atoms with Gasteiger partial charge in [0.2, 0.25) is 0 Å². The fourth-order valence-corrected chi connectivity index (χ4v) is 1.74. The SMILES string of the molecule is CCOC(=O)c1cc(C(=O)OCC)c(C(=O)OCC)nc1C. The second-order valence-electron chi connectivity index (χ2n) is 4.18. The lowest BCUT2D eigenvalue weighted by atomic mass is 10.1. The van der Waals surface area contributed by atoms with E-state index in [1.807, 2.05) is 0 Å². The number of carbonyl (C=O) groups excluding carboxylic acids is 3. The zero-order chi connectivity index (χ0) is 16.7. The lowest BCUT2D eigenvalue weighted by Gasteiger charge is -2.11. The summed E-state index contributed by atoms with van der Waals surface area (Å²) in [7, 11) is 0. The maximum atomic E-state index is 12.0. The van der Waals surface area contributed by atoms with Crippen LogP contribution >= 0.6 is 0 Å². The van der Waals surface area contributed by atoms with Crippen LogP contribution in [0.4, 0.5) is 0 Å². The molecule has 0 radical (unpaired) electrons. The van der Waals surface area contributed by atoms with E-state index in [9.17, 15) is 14.4 Å². The Morgan fingerprint density at radius 3 is 1.82 bits per heavy atom. The Kier molecular flexibility index (Phi) is 6.49. The van der Waals surface area contributed by atoms with Gasteiger partial charge < -0.3 is 14.2 Å². The summed E-state index contributed by atoms with van der Waals surface area (Å²) in [5, 5.41) is 0. The Morgan fingerprint density at radius 2 is 1.32 bits per heavy atom. The molecule has 0 bridgehead atoms. The first-order valence-electron chi connectivity index (χ1n) is 6.99. The first-order chi connectivity index (χ1) is 10.5. The van der Waals surface area contributed by atoms with E-state index in [1.54, 1.807) is 27.7 Å². The highest BCUT2D eigenvalue weighted by Gasteiger charge is 2.25. The van der Waals surface area contributed by atoms with Crippen LogP contribution in [-0.4, -0.2) is 42.7 Å². The van der Waals surface area contributed by atoms with Gasteiger partial charge in [-0.25, -0.2) is 19.4 Å². The van der Waals surface area contributed by atoms with Gasteiger partial charge in [-0.2, -0.15) is 0 Å². The van der Waals surface area contributed by atoms with E-state index in [0.717, 1.165) is 0 Å². The Bertz CT molecular complexity index is 582. The maximum Gasteiger partial charge on any atom is 0.357 e. The highest BCUT2D eigenvalue weighted by molar-refractivity contribution is 6.04. The van der Waals surface area contributed by atoms with Crippen LogP contribution < -0.4 is 0 Å². The lowest BCUT2D eigenvalue weighted by Crippen LogP contribution is -2.19. The summed E-state index contributed by atoms with van der Waals surface area (Å²) in [6.07, 6.45) is 0. The molecule has 0 amide bonds. The monoisotopic (exact) mass is 309 g/mol. The summed E-state index contributed by atoms with van der Waals surface area (Å²) >= 11 is 0. The molecule has 0 saturated heterocycles. The van der Waals surface area contributed by atoms with Crippen molar-refractivity contribution in [3.8, 4) is 0 Å². The molecule has 22 heavy (non-hydrogen) atoms. The first-order valence-corrected chi connectivity index (χ1v) is 6.99. The predicted molar refractivity (Wildman–Crippen MR) is 76.8 cm³/mol. The van der Waals surface area contributed by atoms with Gasteiger partial charge in [-0.3, -0.25) is 0 Å². The number of carbonyl (C=O) groups is 3. The summed E-state index contributed by atoms with van der Waals surface area (Å²) in [6, 6.07) is 1.25. The van der Waals surface area contributed by atoms with Gasteiger partial charge in [-0.15, -0.1) is 0 Å². The quantitative estimate of drug-likeness (QED) is 0.585. The van der Waals surface area contributed by atoms with E-state index < -0.39 is 17.9 Å². The zero-order valence-electron chi connectivity index (χ0n) is 13.1. The number of pyridine rings is 1. The van der Waals surface area contributed by atoms with Crippen LogP contribution in [0.15, 0.2) is 6.07 Å². The second kappa shape index (κ2) is 8.11. The van der Waals surface area contributed by atoms with Crippen LogP contribution in [0.2, 0.25) is 0 Å². The van der Waals surface area contributed by atoms with Gasteiger partial charge in [-0.1, -0.05) is 0 Å². The topological polar surface area (TPSA) is 91.8 Å². The van der Waals surface area contributed by atoms with Gasteiger partial charge in [0.05, 0.1) is 36.6 Å². The van der Waals surface area contributed by atoms with Gasteiger partial charge in [0, 0.05) is 0 Å². The number of hydrogen-bond donors (Lipinski definition) is 0. The van der Waals surface area contributed by atoms with Gasteiger partial charge in [0.15, 0.2) is 5.69 Å². The standard InChI is InChI=1S/C15H19NO6/c1-5-20-13(17)10-8-11(14(18)21-6-2)12(16-9(10)4)15(19)22-7-3/h8H,5-7H2,1-4H3. The van der Waals surface area contributed by atoms with Crippen LogP contribution in [0.1, 0.15) is 57.7 Å². The highest BCUT2D eigenvalue weighted by atomic mass is 16.5. The molecular weight excluding hydrogens is 290 g/mol. The molecule has 0 saturated carbocycles. The van der Waals surface area contributed by atoms with Crippen molar-refractivity contribution >= 4 is 17.9 Å².